The van der Waals surface area contributed by atoms with Crippen molar-refractivity contribution in [3.8, 4) is 11.3 Å². The Morgan fingerprint density at radius 1 is 1.11 bits per heavy atom. The highest BCUT2D eigenvalue weighted by atomic mass is 35.5. The average Bonchev–Trinajstić information content (AvgIpc) is 3.32. The first-order chi connectivity index (χ1) is 13.1. The lowest BCUT2D eigenvalue weighted by Crippen LogP contribution is -2.09. The van der Waals surface area contributed by atoms with Crippen LogP contribution in [0.25, 0.3) is 28.4 Å². The predicted octanol–water partition coefficient (Wildman–Crippen LogP) is 5.57. The summed E-state index contributed by atoms with van der Waals surface area (Å²) in [6.45, 7) is 1.92. The summed E-state index contributed by atoms with van der Waals surface area (Å²) in [7, 11) is 0. The van der Waals surface area contributed by atoms with Crippen LogP contribution in [0.4, 0.5) is 5.69 Å². The van der Waals surface area contributed by atoms with E-state index in [0.717, 1.165) is 28.4 Å². The molecule has 5 nitrogen and oxygen atoms in total. The molecule has 0 atom stereocenters. The Hall–Kier alpha value is -2.96. The Bertz CT molecular complexity index is 1150. The second-order valence-electron chi connectivity index (χ2n) is 5.92. The number of furan rings is 1. The number of hydrogen-bond acceptors (Lipinski definition) is 5. The van der Waals surface area contributed by atoms with Crippen molar-refractivity contribution in [3.63, 3.8) is 0 Å². The minimum atomic E-state index is -0.261. The number of hydrogen-bond donors (Lipinski definition) is 1. The van der Waals surface area contributed by atoms with Crippen LogP contribution in [0.3, 0.4) is 0 Å². The number of benzene rings is 2. The summed E-state index contributed by atoms with van der Waals surface area (Å²) < 4.78 is 14.2. The molecular formula is C20H14ClN3O2S. The van der Waals surface area contributed by atoms with Crippen LogP contribution < -0.4 is 5.32 Å². The summed E-state index contributed by atoms with van der Waals surface area (Å²) in [6.07, 6.45) is 3.06. The van der Waals surface area contributed by atoms with E-state index in [2.05, 4.69) is 14.1 Å². The minimum absolute atomic E-state index is 0.261. The van der Waals surface area contributed by atoms with Gasteiger partial charge in [-0.1, -0.05) is 17.7 Å². The van der Waals surface area contributed by atoms with Crippen molar-refractivity contribution in [2.24, 2.45) is 0 Å². The third-order valence-electron chi connectivity index (χ3n) is 4.04. The van der Waals surface area contributed by atoms with Gasteiger partial charge < -0.3 is 9.73 Å². The molecule has 0 fully saturated rings. The Morgan fingerprint density at radius 2 is 1.93 bits per heavy atom. The quantitative estimate of drug-likeness (QED) is 0.459. The normalized spacial score (nSPS) is 11.3. The molecule has 0 bridgehead atoms. The third-order valence-corrected chi connectivity index (χ3v) is 4.83. The first kappa shape index (κ1) is 17.5. The zero-order valence-corrected chi connectivity index (χ0v) is 15.8. The molecule has 1 amide bonds. The number of halogens is 1. The molecule has 2 aromatic carbocycles. The van der Waals surface area contributed by atoms with E-state index in [4.69, 9.17) is 16.0 Å². The minimum Gasteiger partial charge on any atom is -0.457 e. The van der Waals surface area contributed by atoms with Crippen LogP contribution in [-0.2, 0) is 4.79 Å². The zero-order valence-electron chi connectivity index (χ0n) is 14.3. The first-order valence-electron chi connectivity index (χ1n) is 8.17. The summed E-state index contributed by atoms with van der Waals surface area (Å²) >= 11 is 7.02. The molecule has 1 N–H and O–H groups in total. The van der Waals surface area contributed by atoms with E-state index in [1.54, 1.807) is 18.2 Å². The van der Waals surface area contributed by atoms with E-state index in [1.165, 1.54) is 6.08 Å². The molecule has 0 saturated carbocycles. The summed E-state index contributed by atoms with van der Waals surface area (Å²) in [5, 5.41) is 3.55. The molecule has 27 heavy (non-hydrogen) atoms. The van der Waals surface area contributed by atoms with Gasteiger partial charge in [0.25, 0.3) is 0 Å². The van der Waals surface area contributed by atoms with E-state index in [1.807, 2.05) is 43.3 Å². The van der Waals surface area contributed by atoms with Crippen LogP contribution in [0.1, 0.15) is 11.3 Å². The number of aryl methyl sites for hydroxylation is 1. The third kappa shape index (κ3) is 3.77. The Balaban J connectivity index is 1.50. The van der Waals surface area contributed by atoms with Gasteiger partial charge in [-0.15, -0.1) is 0 Å². The molecule has 2 aromatic heterocycles. The fourth-order valence-electron chi connectivity index (χ4n) is 2.64. The maximum atomic E-state index is 12.3. The number of nitrogens with one attached hydrogen (secondary N) is 1. The molecule has 7 heteroatoms. The van der Waals surface area contributed by atoms with Crippen LogP contribution in [0.5, 0.6) is 0 Å². The molecule has 0 unspecified atom stereocenters. The molecule has 0 aliphatic carbocycles. The van der Waals surface area contributed by atoms with Crippen LogP contribution in [0.2, 0.25) is 5.02 Å². The van der Waals surface area contributed by atoms with Crippen LogP contribution in [0.15, 0.2) is 59.0 Å². The van der Waals surface area contributed by atoms with Gasteiger partial charge in [-0.3, -0.25) is 4.79 Å². The van der Waals surface area contributed by atoms with E-state index in [0.29, 0.717) is 27.7 Å². The number of anilines is 1. The molecular weight excluding hydrogens is 382 g/mol. The van der Waals surface area contributed by atoms with E-state index in [-0.39, 0.29) is 5.91 Å². The summed E-state index contributed by atoms with van der Waals surface area (Å²) in [5.41, 5.74) is 3.99. The van der Waals surface area contributed by atoms with Gasteiger partial charge in [0.2, 0.25) is 5.91 Å². The van der Waals surface area contributed by atoms with Crippen molar-refractivity contribution in [1.82, 2.24) is 8.75 Å². The SMILES string of the molecule is Cc1ccc2nsnc2c1NC(=O)/C=C/c1ccc(-c2ccc(Cl)cc2)o1. The molecule has 134 valence electrons. The number of nitrogens with zero attached hydrogens (tertiary/aromatic N) is 2. The number of aromatic nitrogens is 2. The molecule has 0 spiro atoms. The van der Waals surface area contributed by atoms with E-state index >= 15 is 0 Å². The van der Waals surface area contributed by atoms with Gasteiger partial charge in [0.15, 0.2) is 0 Å². The Kier molecular flexibility index (Phi) is 4.75. The molecule has 4 rings (SSSR count). The molecule has 0 radical (unpaired) electrons. The van der Waals surface area contributed by atoms with Crippen LogP contribution in [0, 0.1) is 6.92 Å². The van der Waals surface area contributed by atoms with Crippen LogP contribution >= 0.6 is 23.3 Å². The first-order valence-corrected chi connectivity index (χ1v) is 9.28. The van der Waals surface area contributed by atoms with Crippen LogP contribution in [-0.4, -0.2) is 14.7 Å². The Labute approximate surface area is 164 Å². The maximum Gasteiger partial charge on any atom is 0.248 e. The van der Waals surface area contributed by atoms with Crippen molar-refractivity contribution in [1.29, 1.82) is 0 Å². The van der Waals surface area contributed by atoms with Gasteiger partial charge >= 0.3 is 0 Å². The highest BCUT2D eigenvalue weighted by Crippen LogP contribution is 2.26. The lowest BCUT2D eigenvalue weighted by Gasteiger charge is -2.06. The lowest BCUT2D eigenvalue weighted by molar-refractivity contribution is -0.111. The molecule has 2 heterocycles. The second kappa shape index (κ2) is 7.34. The number of rotatable bonds is 4. The number of amides is 1. The summed E-state index contributed by atoms with van der Waals surface area (Å²) in [5.74, 6) is 1.03. The monoisotopic (exact) mass is 395 g/mol. The van der Waals surface area contributed by atoms with Gasteiger partial charge in [0.05, 0.1) is 17.4 Å². The highest BCUT2D eigenvalue weighted by molar-refractivity contribution is 7.00. The number of fused-ring (bicyclic) bond motifs is 1. The van der Waals surface area contributed by atoms with Gasteiger partial charge in [-0.05, 0) is 61.0 Å². The molecule has 4 aromatic rings. The van der Waals surface area contributed by atoms with Crippen molar-refractivity contribution in [3.05, 3.63) is 71.0 Å². The van der Waals surface area contributed by atoms with Gasteiger partial charge in [-0.2, -0.15) is 8.75 Å². The molecule has 0 saturated heterocycles. The Morgan fingerprint density at radius 3 is 2.74 bits per heavy atom. The number of carbonyl (C=O) groups is 1. The fourth-order valence-corrected chi connectivity index (χ4v) is 3.31. The van der Waals surface area contributed by atoms with Crippen molar-refractivity contribution in [2.75, 3.05) is 5.32 Å². The lowest BCUT2D eigenvalue weighted by atomic mass is 10.1. The second-order valence-corrected chi connectivity index (χ2v) is 6.89. The van der Waals surface area contributed by atoms with Crippen molar-refractivity contribution >= 4 is 52.0 Å². The summed E-state index contributed by atoms with van der Waals surface area (Å²) in [4.78, 5) is 12.3. The largest absolute Gasteiger partial charge is 0.457 e. The fraction of sp³-hybridized carbons (Fsp3) is 0.0500. The molecule has 0 aliphatic rings. The van der Waals surface area contributed by atoms with Gasteiger partial charge in [0, 0.05) is 16.7 Å². The van der Waals surface area contributed by atoms with Crippen molar-refractivity contribution in [2.45, 2.75) is 6.92 Å². The van der Waals surface area contributed by atoms with Gasteiger partial charge in [-0.25, -0.2) is 0 Å². The highest BCUT2D eigenvalue weighted by Gasteiger charge is 2.10. The van der Waals surface area contributed by atoms with E-state index in [9.17, 15) is 4.79 Å². The van der Waals surface area contributed by atoms with Crippen molar-refractivity contribution < 1.29 is 9.21 Å². The summed E-state index contributed by atoms with van der Waals surface area (Å²) in [6, 6.07) is 14.8. The standard InChI is InChI=1S/C20H14ClN3O2S/c1-12-2-9-16-20(24-27-23-16)19(12)22-18(25)11-8-15-7-10-17(26-15)13-3-5-14(21)6-4-13/h2-11H,1H3,(H,22,25)/b11-8+. The number of carbonyl (C=O) groups excluding carboxylic acids is 1. The molecule has 0 aliphatic heterocycles. The smallest absolute Gasteiger partial charge is 0.248 e. The topological polar surface area (TPSA) is 68.0 Å². The average molecular weight is 396 g/mol. The zero-order chi connectivity index (χ0) is 18.8. The maximum absolute atomic E-state index is 12.3. The van der Waals surface area contributed by atoms with E-state index < -0.39 is 0 Å². The predicted molar refractivity (Wildman–Crippen MR) is 109 cm³/mol. The van der Waals surface area contributed by atoms with Gasteiger partial charge in [0.1, 0.15) is 22.6 Å².